The van der Waals surface area contributed by atoms with Crippen molar-refractivity contribution >= 4 is 0 Å². The fourth-order valence-corrected chi connectivity index (χ4v) is 2.17. The van der Waals surface area contributed by atoms with E-state index in [-0.39, 0.29) is 24.2 Å². The third kappa shape index (κ3) is 3.69. The highest BCUT2D eigenvalue weighted by molar-refractivity contribution is 5.30. The number of ether oxygens (including phenoxy) is 1. The first-order valence-corrected chi connectivity index (χ1v) is 6.57. The maximum atomic E-state index is 9.52. The molecule has 0 bridgehead atoms. The van der Waals surface area contributed by atoms with Crippen LogP contribution in [0.5, 0.6) is 5.75 Å². The van der Waals surface area contributed by atoms with Crippen LogP contribution in [0, 0.1) is 0 Å². The number of nitrogens with zero attached hydrogens (tertiary/aromatic N) is 1. The Balaban J connectivity index is 3.06. The van der Waals surface area contributed by atoms with E-state index in [4.69, 9.17) is 10.5 Å². The lowest BCUT2D eigenvalue weighted by Crippen LogP contribution is -2.50. The molecule has 0 heterocycles. The lowest BCUT2D eigenvalue weighted by atomic mass is 9.94. The summed E-state index contributed by atoms with van der Waals surface area (Å²) in [4.78, 5) is 2.12. The Labute approximate surface area is 116 Å². The fourth-order valence-electron chi connectivity index (χ4n) is 2.17. The second-order valence-electron chi connectivity index (χ2n) is 5.66. The van der Waals surface area contributed by atoms with Gasteiger partial charge in [-0.15, -0.1) is 0 Å². The largest absolute Gasteiger partial charge is 0.497 e. The molecule has 0 radical (unpaired) electrons. The van der Waals surface area contributed by atoms with Gasteiger partial charge in [0.15, 0.2) is 0 Å². The summed E-state index contributed by atoms with van der Waals surface area (Å²) in [6.07, 6.45) is 0. The predicted molar refractivity (Wildman–Crippen MR) is 78.3 cm³/mol. The van der Waals surface area contributed by atoms with Crippen LogP contribution in [0.2, 0.25) is 0 Å². The van der Waals surface area contributed by atoms with Gasteiger partial charge in [-0.3, -0.25) is 4.90 Å². The fraction of sp³-hybridized carbons (Fsp3) is 0.600. The molecule has 4 heteroatoms. The number of hydrogen-bond acceptors (Lipinski definition) is 4. The van der Waals surface area contributed by atoms with Crippen molar-refractivity contribution in [2.75, 3.05) is 20.8 Å². The van der Waals surface area contributed by atoms with Gasteiger partial charge in [-0.2, -0.15) is 0 Å². The molecule has 3 N–H and O–H groups in total. The molecular formula is C15H26N2O2. The van der Waals surface area contributed by atoms with Gasteiger partial charge in [0.25, 0.3) is 0 Å². The number of hydrogen-bond donors (Lipinski definition) is 2. The molecule has 108 valence electrons. The van der Waals surface area contributed by atoms with E-state index in [0.717, 1.165) is 11.3 Å². The summed E-state index contributed by atoms with van der Waals surface area (Å²) in [5.74, 6) is 0.830. The molecule has 0 fully saturated rings. The minimum atomic E-state index is -0.321. The van der Waals surface area contributed by atoms with E-state index in [1.807, 2.05) is 52.1 Å². The molecule has 0 aliphatic rings. The predicted octanol–water partition coefficient (Wildman–Crippen LogP) is 1.79. The molecule has 2 atom stereocenters. The van der Waals surface area contributed by atoms with Gasteiger partial charge in [-0.25, -0.2) is 0 Å². The Morgan fingerprint density at radius 2 is 1.84 bits per heavy atom. The van der Waals surface area contributed by atoms with Crippen molar-refractivity contribution in [2.45, 2.75) is 38.4 Å². The molecule has 0 aromatic heterocycles. The summed E-state index contributed by atoms with van der Waals surface area (Å²) in [6, 6.07) is 7.93. The van der Waals surface area contributed by atoms with Crippen LogP contribution in [-0.2, 0) is 0 Å². The third-order valence-corrected chi connectivity index (χ3v) is 3.71. The summed E-state index contributed by atoms with van der Waals surface area (Å²) in [5.41, 5.74) is 6.94. The monoisotopic (exact) mass is 266 g/mol. The zero-order valence-corrected chi connectivity index (χ0v) is 12.6. The van der Waals surface area contributed by atoms with Crippen molar-refractivity contribution in [3.63, 3.8) is 0 Å². The smallest absolute Gasteiger partial charge is 0.118 e. The van der Waals surface area contributed by atoms with Gasteiger partial charge < -0.3 is 15.6 Å². The Bertz CT molecular complexity index is 388. The highest BCUT2D eigenvalue weighted by atomic mass is 16.5. The number of benzene rings is 1. The summed E-state index contributed by atoms with van der Waals surface area (Å²) in [6.45, 7) is 6.08. The molecule has 4 nitrogen and oxygen atoms in total. The third-order valence-electron chi connectivity index (χ3n) is 3.71. The van der Waals surface area contributed by atoms with Gasteiger partial charge in [-0.1, -0.05) is 12.1 Å². The molecule has 1 aromatic rings. The Morgan fingerprint density at radius 1 is 1.32 bits per heavy atom. The Morgan fingerprint density at radius 3 is 2.21 bits per heavy atom. The maximum absolute atomic E-state index is 9.52. The van der Waals surface area contributed by atoms with E-state index in [1.165, 1.54) is 0 Å². The quantitative estimate of drug-likeness (QED) is 0.824. The molecule has 2 unspecified atom stereocenters. The standard InChI is InChI=1S/C15H26N2O2/c1-11(16)14(17(4)15(2,3)10-18)12-6-8-13(19-5)9-7-12/h6-9,11,14,18H,10,16H2,1-5H3. The summed E-state index contributed by atoms with van der Waals surface area (Å²) in [5, 5.41) is 9.52. The van der Waals surface area contributed by atoms with Crippen LogP contribution in [0.15, 0.2) is 24.3 Å². The molecule has 0 amide bonds. The molecule has 0 aliphatic heterocycles. The summed E-state index contributed by atoms with van der Waals surface area (Å²) >= 11 is 0. The van der Waals surface area contributed by atoms with Crippen LogP contribution < -0.4 is 10.5 Å². The average Bonchev–Trinajstić information content (AvgIpc) is 2.39. The molecule has 0 saturated heterocycles. The zero-order chi connectivity index (χ0) is 14.6. The van der Waals surface area contributed by atoms with E-state index in [0.29, 0.717) is 0 Å². The summed E-state index contributed by atoms with van der Waals surface area (Å²) < 4.78 is 5.17. The lowest BCUT2D eigenvalue weighted by Gasteiger charge is -2.42. The van der Waals surface area contributed by atoms with Crippen molar-refractivity contribution in [3.05, 3.63) is 29.8 Å². The van der Waals surface area contributed by atoms with Crippen LogP contribution in [0.25, 0.3) is 0 Å². The first-order valence-electron chi connectivity index (χ1n) is 6.57. The number of aliphatic hydroxyl groups is 1. The molecule has 1 aromatic carbocycles. The zero-order valence-electron chi connectivity index (χ0n) is 12.6. The van der Waals surface area contributed by atoms with Gasteiger partial charge in [-0.05, 0) is 45.5 Å². The van der Waals surface area contributed by atoms with Crippen molar-refractivity contribution < 1.29 is 9.84 Å². The van der Waals surface area contributed by atoms with Crippen LogP contribution >= 0.6 is 0 Å². The van der Waals surface area contributed by atoms with Crippen molar-refractivity contribution in [2.24, 2.45) is 5.73 Å². The second kappa shape index (κ2) is 6.37. The van der Waals surface area contributed by atoms with Gasteiger partial charge in [0, 0.05) is 17.6 Å². The molecular weight excluding hydrogens is 240 g/mol. The SMILES string of the molecule is COc1ccc(C(C(C)N)N(C)C(C)(C)CO)cc1. The lowest BCUT2D eigenvalue weighted by molar-refractivity contribution is 0.0370. The topological polar surface area (TPSA) is 58.7 Å². The maximum Gasteiger partial charge on any atom is 0.118 e. The van der Waals surface area contributed by atoms with Crippen LogP contribution in [0.4, 0.5) is 0 Å². The van der Waals surface area contributed by atoms with Crippen LogP contribution in [0.1, 0.15) is 32.4 Å². The first kappa shape index (κ1) is 16.0. The highest BCUT2D eigenvalue weighted by Crippen LogP contribution is 2.29. The van der Waals surface area contributed by atoms with E-state index in [1.54, 1.807) is 7.11 Å². The van der Waals surface area contributed by atoms with Crippen LogP contribution in [-0.4, -0.2) is 42.4 Å². The highest BCUT2D eigenvalue weighted by Gasteiger charge is 2.31. The average molecular weight is 266 g/mol. The summed E-state index contributed by atoms with van der Waals surface area (Å²) in [7, 11) is 3.65. The van der Waals surface area contributed by atoms with Gasteiger partial charge in [0.1, 0.15) is 5.75 Å². The number of rotatable bonds is 6. The van der Waals surface area contributed by atoms with Gasteiger partial charge in [0.2, 0.25) is 0 Å². The number of aliphatic hydroxyl groups excluding tert-OH is 1. The Kier molecular flexibility index (Phi) is 5.35. The molecule has 1 rings (SSSR count). The molecule has 0 spiro atoms. The van der Waals surface area contributed by atoms with Crippen molar-refractivity contribution in [1.29, 1.82) is 0 Å². The normalized spacial score (nSPS) is 15.4. The first-order chi connectivity index (χ1) is 8.83. The van der Waals surface area contributed by atoms with Crippen molar-refractivity contribution in [3.8, 4) is 5.75 Å². The van der Waals surface area contributed by atoms with Crippen LogP contribution in [0.3, 0.4) is 0 Å². The minimum absolute atomic E-state index is 0.0378. The molecule has 0 saturated carbocycles. The van der Waals surface area contributed by atoms with E-state index >= 15 is 0 Å². The second-order valence-corrected chi connectivity index (χ2v) is 5.66. The number of methoxy groups -OCH3 is 1. The Hall–Kier alpha value is -1.10. The number of nitrogens with two attached hydrogens (primary N) is 1. The molecule has 19 heavy (non-hydrogen) atoms. The van der Waals surface area contributed by atoms with E-state index in [2.05, 4.69) is 4.90 Å². The molecule has 0 aliphatic carbocycles. The van der Waals surface area contributed by atoms with Crippen molar-refractivity contribution in [1.82, 2.24) is 4.90 Å². The van der Waals surface area contributed by atoms with Gasteiger partial charge >= 0.3 is 0 Å². The minimum Gasteiger partial charge on any atom is -0.497 e. The van der Waals surface area contributed by atoms with Gasteiger partial charge in [0.05, 0.1) is 13.7 Å². The number of likely N-dealkylation sites (N-methyl/N-ethyl adjacent to an activating group) is 1. The van der Waals surface area contributed by atoms with E-state index < -0.39 is 0 Å². The van der Waals surface area contributed by atoms with E-state index in [9.17, 15) is 5.11 Å².